The van der Waals surface area contributed by atoms with Gasteiger partial charge < -0.3 is 0 Å². The number of halogens is 2. The molecule has 9 heteroatoms. The number of sulfone groups is 1. The summed E-state index contributed by atoms with van der Waals surface area (Å²) < 4.78 is 78.7. The van der Waals surface area contributed by atoms with Crippen LogP contribution in [0.3, 0.4) is 0 Å². The Bertz CT molecular complexity index is 1010. The van der Waals surface area contributed by atoms with Crippen LogP contribution in [0.1, 0.15) is 12.8 Å². The predicted molar refractivity (Wildman–Crippen MR) is 91.8 cm³/mol. The van der Waals surface area contributed by atoms with Gasteiger partial charge in [0.2, 0.25) is 10.0 Å². The number of nitrogens with zero attached hydrogens (tertiary/aromatic N) is 1. The van der Waals surface area contributed by atoms with E-state index in [4.69, 9.17) is 0 Å². The Morgan fingerprint density at radius 2 is 1.69 bits per heavy atom. The molecular weight excluding hydrogens is 384 g/mol. The molecule has 0 spiro atoms. The number of benzene rings is 2. The van der Waals surface area contributed by atoms with Crippen LogP contribution in [0.15, 0.2) is 58.3 Å². The van der Waals surface area contributed by atoms with Gasteiger partial charge in [-0.15, -0.1) is 0 Å². The fraction of sp³-hybridized carbons (Fsp3) is 0.294. The molecule has 0 radical (unpaired) electrons. The Morgan fingerprint density at radius 3 is 2.35 bits per heavy atom. The van der Waals surface area contributed by atoms with Crippen molar-refractivity contribution in [2.45, 2.75) is 28.7 Å². The Balaban J connectivity index is 1.91. The van der Waals surface area contributed by atoms with E-state index < -0.39 is 42.4 Å². The van der Waals surface area contributed by atoms with Crippen molar-refractivity contribution in [1.82, 2.24) is 4.31 Å². The van der Waals surface area contributed by atoms with Crippen LogP contribution in [0.2, 0.25) is 0 Å². The molecule has 0 saturated carbocycles. The third-order valence-corrected chi connectivity index (χ3v) is 8.12. The van der Waals surface area contributed by atoms with Crippen molar-refractivity contribution in [2.24, 2.45) is 0 Å². The summed E-state index contributed by atoms with van der Waals surface area (Å²) in [5.74, 6) is -2.47. The normalized spacial score (nSPS) is 18.9. The quantitative estimate of drug-likeness (QED) is 0.772. The van der Waals surface area contributed by atoms with Gasteiger partial charge in [-0.05, 0) is 37.1 Å². The van der Waals surface area contributed by atoms with Gasteiger partial charge in [0.1, 0.15) is 16.5 Å². The molecule has 5 nitrogen and oxygen atoms in total. The molecule has 1 heterocycles. The second kappa shape index (κ2) is 7.05. The van der Waals surface area contributed by atoms with E-state index in [1.807, 2.05) is 0 Å². The van der Waals surface area contributed by atoms with Crippen LogP contribution < -0.4 is 0 Å². The molecule has 0 aliphatic carbocycles. The van der Waals surface area contributed by atoms with E-state index in [0.717, 1.165) is 16.4 Å². The van der Waals surface area contributed by atoms with Crippen LogP contribution in [0.4, 0.5) is 8.78 Å². The monoisotopic (exact) mass is 401 g/mol. The minimum atomic E-state index is -4.26. The molecule has 1 saturated heterocycles. The summed E-state index contributed by atoms with van der Waals surface area (Å²) in [6, 6.07) is 9.18. The van der Waals surface area contributed by atoms with E-state index in [-0.39, 0.29) is 17.2 Å². The lowest BCUT2D eigenvalue weighted by Gasteiger charge is -2.24. The van der Waals surface area contributed by atoms with E-state index in [1.165, 1.54) is 12.1 Å². The standard InChI is InChI=1S/C17H17F2NO4S2/c18-13-8-9-17(16(19)11-13)26(23,24)20-10-4-5-14(20)12-25(21,22)15-6-2-1-3-7-15/h1-3,6-9,11,14H,4-5,10,12H2. The zero-order valence-corrected chi connectivity index (χ0v) is 15.3. The molecule has 0 aromatic heterocycles. The van der Waals surface area contributed by atoms with Crippen LogP contribution in [-0.2, 0) is 19.9 Å². The molecule has 0 bridgehead atoms. The van der Waals surface area contributed by atoms with Crippen LogP contribution in [0.5, 0.6) is 0 Å². The van der Waals surface area contributed by atoms with Crippen molar-refractivity contribution in [2.75, 3.05) is 12.3 Å². The molecule has 1 aliphatic heterocycles. The van der Waals surface area contributed by atoms with Crippen molar-refractivity contribution >= 4 is 19.9 Å². The average Bonchev–Trinajstić information content (AvgIpc) is 3.03. The number of hydrogen-bond acceptors (Lipinski definition) is 4. The molecule has 0 N–H and O–H groups in total. The molecule has 1 unspecified atom stereocenters. The highest BCUT2D eigenvalue weighted by Gasteiger charge is 2.39. The summed E-state index contributed by atoms with van der Waals surface area (Å²) in [5, 5.41) is 0. The summed E-state index contributed by atoms with van der Waals surface area (Å²) >= 11 is 0. The minimum Gasteiger partial charge on any atom is -0.224 e. The molecule has 1 aliphatic rings. The molecule has 0 amide bonds. The maximum atomic E-state index is 14.0. The Kier molecular flexibility index (Phi) is 5.14. The van der Waals surface area contributed by atoms with Crippen molar-refractivity contribution in [1.29, 1.82) is 0 Å². The fourth-order valence-electron chi connectivity index (χ4n) is 3.08. The maximum Gasteiger partial charge on any atom is 0.246 e. The van der Waals surface area contributed by atoms with Gasteiger partial charge in [0.15, 0.2) is 9.84 Å². The molecule has 26 heavy (non-hydrogen) atoms. The molecule has 2 aromatic carbocycles. The SMILES string of the molecule is O=S(=O)(CC1CCCN1S(=O)(=O)c1ccc(F)cc1F)c1ccccc1. The van der Waals surface area contributed by atoms with E-state index in [1.54, 1.807) is 18.2 Å². The van der Waals surface area contributed by atoms with Crippen LogP contribution >= 0.6 is 0 Å². The first-order valence-electron chi connectivity index (χ1n) is 7.96. The molecule has 1 atom stereocenters. The number of rotatable bonds is 5. The van der Waals surface area contributed by atoms with Gasteiger partial charge in [0, 0.05) is 18.7 Å². The van der Waals surface area contributed by atoms with Crippen molar-refractivity contribution in [3.05, 3.63) is 60.2 Å². The highest BCUT2D eigenvalue weighted by atomic mass is 32.2. The summed E-state index contributed by atoms with van der Waals surface area (Å²) in [6.45, 7) is 0.0914. The van der Waals surface area contributed by atoms with Gasteiger partial charge in [0.25, 0.3) is 0 Å². The summed E-state index contributed by atoms with van der Waals surface area (Å²) in [6.07, 6.45) is 0.825. The average molecular weight is 401 g/mol. The lowest BCUT2D eigenvalue weighted by Crippen LogP contribution is -2.40. The second-order valence-corrected chi connectivity index (χ2v) is 9.97. The predicted octanol–water partition coefficient (Wildman–Crippen LogP) is 2.59. The number of sulfonamides is 1. The van der Waals surface area contributed by atoms with Crippen LogP contribution in [0.25, 0.3) is 0 Å². The molecular formula is C17H17F2NO4S2. The van der Waals surface area contributed by atoms with Gasteiger partial charge in [-0.2, -0.15) is 4.31 Å². The summed E-state index contributed by atoms with van der Waals surface area (Å²) in [4.78, 5) is -0.542. The van der Waals surface area contributed by atoms with E-state index in [9.17, 15) is 25.6 Å². The van der Waals surface area contributed by atoms with Gasteiger partial charge >= 0.3 is 0 Å². The summed E-state index contributed by atoms with van der Waals surface area (Å²) in [5.41, 5.74) is 0. The first-order chi connectivity index (χ1) is 12.2. The first-order valence-corrected chi connectivity index (χ1v) is 11.1. The topological polar surface area (TPSA) is 71.5 Å². The lowest BCUT2D eigenvalue weighted by atomic mass is 10.3. The van der Waals surface area contributed by atoms with Crippen LogP contribution in [-0.4, -0.2) is 39.5 Å². The third kappa shape index (κ3) is 3.65. The van der Waals surface area contributed by atoms with E-state index >= 15 is 0 Å². The Labute approximate surface area is 151 Å². The van der Waals surface area contributed by atoms with Gasteiger partial charge in [0.05, 0.1) is 10.6 Å². The van der Waals surface area contributed by atoms with E-state index in [2.05, 4.69) is 0 Å². The number of hydrogen-bond donors (Lipinski definition) is 0. The molecule has 3 rings (SSSR count). The molecule has 140 valence electrons. The zero-order valence-electron chi connectivity index (χ0n) is 13.7. The van der Waals surface area contributed by atoms with Crippen molar-refractivity contribution in [3.8, 4) is 0 Å². The second-order valence-electron chi connectivity index (χ2n) is 6.08. The van der Waals surface area contributed by atoms with Gasteiger partial charge in [-0.1, -0.05) is 18.2 Å². The fourth-order valence-corrected chi connectivity index (χ4v) is 6.53. The lowest BCUT2D eigenvalue weighted by molar-refractivity contribution is 0.404. The largest absolute Gasteiger partial charge is 0.246 e. The highest BCUT2D eigenvalue weighted by Crippen LogP contribution is 2.29. The van der Waals surface area contributed by atoms with Crippen LogP contribution in [0, 0.1) is 11.6 Å². The third-order valence-electron chi connectivity index (χ3n) is 4.32. The van der Waals surface area contributed by atoms with Crippen molar-refractivity contribution in [3.63, 3.8) is 0 Å². The van der Waals surface area contributed by atoms with Gasteiger partial charge in [-0.3, -0.25) is 0 Å². The smallest absolute Gasteiger partial charge is 0.224 e. The Hall–Kier alpha value is -1.84. The van der Waals surface area contributed by atoms with E-state index in [0.29, 0.717) is 18.9 Å². The highest BCUT2D eigenvalue weighted by molar-refractivity contribution is 7.91. The Morgan fingerprint density at radius 1 is 1.00 bits per heavy atom. The zero-order chi connectivity index (χ0) is 18.9. The molecule has 2 aromatic rings. The summed E-state index contributed by atoms with van der Waals surface area (Å²) in [7, 11) is -7.96. The first kappa shape index (κ1) is 18.9. The maximum absolute atomic E-state index is 14.0. The van der Waals surface area contributed by atoms with Crippen molar-refractivity contribution < 1.29 is 25.6 Å². The minimum absolute atomic E-state index is 0.0914. The van der Waals surface area contributed by atoms with Gasteiger partial charge in [-0.25, -0.2) is 25.6 Å². The molecule has 1 fully saturated rings.